The molecule has 1 fully saturated rings. The quantitative estimate of drug-likeness (QED) is 0.864. The molecular weight excluding hydrogens is 252 g/mol. The molecule has 1 aliphatic heterocycles. The summed E-state index contributed by atoms with van der Waals surface area (Å²) >= 11 is 6.02. The van der Waals surface area contributed by atoms with E-state index in [9.17, 15) is 4.79 Å². The highest BCUT2D eigenvalue weighted by atomic mass is 35.5. The number of halogens is 1. The average Bonchev–Trinajstić information content (AvgIpc) is 2.28. The molecule has 1 aliphatic rings. The van der Waals surface area contributed by atoms with E-state index < -0.39 is 5.97 Å². The lowest BCUT2D eigenvalue weighted by Crippen LogP contribution is -2.55. The molecule has 2 atom stereocenters. The lowest BCUT2D eigenvalue weighted by molar-refractivity contribution is 0.0697. The number of aromatic carboxylic acids is 1. The summed E-state index contributed by atoms with van der Waals surface area (Å²) in [6.45, 7) is 6.12. The fraction of sp³-hybridized carbons (Fsp3) is 0.462. The maximum absolute atomic E-state index is 10.9. The molecule has 1 saturated heterocycles. The third-order valence-corrected chi connectivity index (χ3v) is 3.62. The summed E-state index contributed by atoms with van der Waals surface area (Å²) in [5.41, 5.74) is 1.13. The van der Waals surface area contributed by atoms with Crippen LogP contribution in [0.25, 0.3) is 0 Å². The lowest BCUT2D eigenvalue weighted by atomic mass is 10.1. The first kappa shape index (κ1) is 13.2. The molecule has 98 valence electrons. The molecule has 0 spiro atoms. The van der Waals surface area contributed by atoms with E-state index in [0.717, 1.165) is 18.8 Å². The summed E-state index contributed by atoms with van der Waals surface area (Å²) < 4.78 is 0. The predicted octanol–water partition coefficient (Wildman–Crippen LogP) is 2.22. The first-order chi connectivity index (χ1) is 8.50. The van der Waals surface area contributed by atoms with Gasteiger partial charge in [-0.05, 0) is 32.0 Å². The summed E-state index contributed by atoms with van der Waals surface area (Å²) in [7, 11) is 0. The maximum Gasteiger partial charge on any atom is 0.337 e. The predicted molar refractivity (Wildman–Crippen MR) is 72.7 cm³/mol. The molecule has 0 aromatic heterocycles. The first-order valence-corrected chi connectivity index (χ1v) is 6.40. The molecule has 0 unspecified atom stereocenters. The normalized spacial score (nSPS) is 24.1. The third-order valence-electron chi connectivity index (χ3n) is 3.31. The number of carbonyl (C=O) groups is 1. The molecule has 5 heteroatoms. The Morgan fingerprint density at radius 1 is 1.39 bits per heavy atom. The summed E-state index contributed by atoms with van der Waals surface area (Å²) in [6.07, 6.45) is 0. The van der Waals surface area contributed by atoms with Crippen molar-refractivity contribution in [1.82, 2.24) is 5.32 Å². The van der Waals surface area contributed by atoms with Gasteiger partial charge in [0.05, 0.1) is 10.6 Å². The van der Waals surface area contributed by atoms with Crippen molar-refractivity contribution >= 4 is 23.3 Å². The van der Waals surface area contributed by atoms with E-state index in [-0.39, 0.29) is 10.6 Å². The highest BCUT2D eigenvalue weighted by Gasteiger charge is 2.25. The number of carboxylic acid groups (broad SMARTS) is 1. The van der Waals surface area contributed by atoms with Crippen LogP contribution in [-0.4, -0.2) is 36.2 Å². The van der Waals surface area contributed by atoms with Gasteiger partial charge in [0.1, 0.15) is 0 Å². The monoisotopic (exact) mass is 268 g/mol. The van der Waals surface area contributed by atoms with Gasteiger partial charge in [-0.1, -0.05) is 11.6 Å². The van der Waals surface area contributed by atoms with E-state index in [2.05, 4.69) is 24.1 Å². The van der Waals surface area contributed by atoms with Crippen molar-refractivity contribution in [2.75, 3.05) is 18.0 Å². The molecule has 4 nitrogen and oxygen atoms in total. The lowest BCUT2D eigenvalue weighted by Gasteiger charge is -2.41. The molecule has 1 aromatic rings. The van der Waals surface area contributed by atoms with E-state index in [1.54, 1.807) is 12.1 Å². The molecule has 0 saturated carbocycles. The van der Waals surface area contributed by atoms with E-state index in [0.29, 0.717) is 12.1 Å². The number of nitrogens with zero attached hydrogens (tertiary/aromatic N) is 1. The van der Waals surface area contributed by atoms with Crippen LogP contribution in [0.2, 0.25) is 5.02 Å². The van der Waals surface area contributed by atoms with Gasteiger partial charge in [0.25, 0.3) is 0 Å². The summed E-state index contributed by atoms with van der Waals surface area (Å²) in [5.74, 6) is -0.993. The van der Waals surface area contributed by atoms with E-state index in [1.165, 1.54) is 0 Å². The van der Waals surface area contributed by atoms with Gasteiger partial charge in [0, 0.05) is 30.9 Å². The van der Waals surface area contributed by atoms with Gasteiger partial charge in [-0.25, -0.2) is 4.79 Å². The Hall–Kier alpha value is -1.26. The van der Waals surface area contributed by atoms with Gasteiger partial charge < -0.3 is 15.3 Å². The number of anilines is 1. The minimum absolute atomic E-state index is 0.149. The molecular formula is C13H17ClN2O2. The molecule has 0 aliphatic carbocycles. The zero-order valence-corrected chi connectivity index (χ0v) is 11.2. The van der Waals surface area contributed by atoms with Crippen molar-refractivity contribution in [3.63, 3.8) is 0 Å². The Morgan fingerprint density at radius 2 is 2.00 bits per heavy atom. The van der Waals surface area contributed by atoms with Gasteiger partial charge in [0.15, 0.2) is 0 Å². The maximum atomic E-state index is 10.9. The number of rotatable bonds is 2. The second kappa shape index (κ2) is 5.16. The number of hydrogen-bond acceptors (Lipinski definition) is 3. The van der Waals surface area contributed by atoms with Gasteiger partial charge in [0.2, 0.25) is 0 Å². The van der Waals surface area contributed by atoms with E-state index in [4.69, 9.17) is 16.7 Å². The smallest absolute Gasteiger partial charge is 0.337 e. The molecule has 1 aromatic carbocycles. The Morgan fingerprint density at radius 3 is 2.50 bits per heavy atom. The molecule has 18 heavy (non-hydrogen) atoms. The van der Waals surface area contributed by atoms with Gasteiger partial charge in [-0.3, -0.25) is 0 Å². The minimum atomic E-state index is -0.993. The van der Waals surface area contributed by atoms with Gasteiger partial charge in [-0.15, -0.1) is 0 Å². The van der Waals surface area contributed by atoms with Gasteiger partial charge >= 0.3 is 5.97 Å². The highest BCUT2D eigenvalue weighted by Crippen LogP contribution is 2.27. The molecule has 0 amide bonds. The fourth-order valence-electron chi connectivity index (χ4n) is 2.48. The van der Waals surface area contributed by atoms with Crippen molar-refractivity contribution in [3.05, 3.63) is 28.8 Å². The summed E-state index contributed by atoms with van der Waals surface area (Å²) in [6, 6.07) is 5.86. The van der Waals surface area contributed by atoms with Crippen LogP contribution in [0, 0.1) is 0 Å². The second-order valence-electron chi connectivity index (χ2n) is 4.73. The van der Waals surface area contributed by atoms with Crippen LogP contribution in [0.4, 0.5) is 5.69 Å². The standard InChI is InChI=1S/C13H17ClN2O2/c1-8-6-15-7-9(2)16(8)10-3-4-11(13(17)18)12(14)5-10/h3-5,8-9,15H,6-7H2,1-2H3,(H,17,18)/t8-,9-/m1/s1. The SMILES string of the molecule is C[C@@H]1CNC[C@@H](C)N1c1ccc(C(=O)O)c(Cl)c1. The van der Waals surface area contributed by atoms with Crippen LogP contribution in [0.15, 0.2) is 18.2 Å². The number of piperazine rings is 1. The van der Waals surface area contributed by atoms with Crippen LogP contribution in [-0.2, 0) is 0 Å². The Labute approximate surface area is 112 Å². The fourth-order valence-corrected chi connectivity index (χ4v) is 2.73. The Bertz CT molecular complexity index is 454. The highest BCUT2D eigenvalue weighted by molar-refractivity contribution is 6.33. The largest absolute Gasteiger partial charge is 0.478 e. The topological polar surface area (TPSA) is 52.6 Å². The Balaban J connectivity index is 2.33. The molecule has 0 radical (unpaired) electrons. The third kappa shape index (κ3) is 2.44. The number of carboxylic acids is 1. The van der Waals surface area contributed by atoms with Crippen molar-refractivity contribution in [2.45, 2.75) is 25.9 Å². The average molecular weight is 269 g/mol. The number of hydrogen-bond donors (Lipinski definition) is 2. The summed E-state index contributed by atoms with van der Waals surface area (Å²) in [5, 5.41) is 12.6. The van der Waals surface area contributed by atoms with Crippen LogP contribution >= 0.6 is 11.6 Å². The van der Waals surface area contributed by atoms with Crippen molar-refractivity contribution in [2.24, 2.45) is 0 Å². The molecule has 2 rings (SSSR count). The first-order valence-electron chi connectivity index (χ1n) is 6.02. The van der Waals surface area contributed by atoms with E-state index >= 15 is 0 Å². The second-order valence-corrected chi connectivity index (χ2v) is 5.14. The number of benzene rings is 1. The van der Waals surface area contributed by atoms with Crippen LogP contribution in [0.1, 0.15) is 24.2 Å². The summed E-state index contributed by atoms with van der Waals surface area (Å²) in [4.78, 5) is 13.2. The minimum Gasteiger partial charge on any atom is -0.478 e. The van der Waals surface area contributed by atoms with Crippen LogP contribution in [0.5, 0.6) is 0 Å². The number of nitrogens with one attached hydrogen (secondary N) is 1. The van der Waals surface area contributed by atoms with Crippen LogP contribution in [0.3, 0.4) is 0 Å². The van der Waals surface area contributed by atoms with E-state index in [1.807, 2.05) is 6.07 Å². The zero-order valence-electron chi connectivity index (χ0n) is 10.5. The molecule has 0 bridgehead atoms. The van der Waals surface area contributed by atoms with Gasteiger partial charge in [-0.2, -0.15) is 0 Å². The van der Waals surface area contributed by atoms with Crippen molar-refractivity contribution in [1.29, 1.82) is 0 Å². The van der Waals surface area contributed by atoms with Crippen molar-refractivity contribution < 1.29 is 9.90 Å². The molecule has 1 heterocycles. The Kier molecular flexibility index (Phi) is 3.78. The molecule has 2 N–H and O–H groups in total. The zero-order chi connectivity index (χ0) is 13.3. The van der Waals surface area contributed by atoms with Crippen molar-refractivity contribution in [3.8, 4) is 0 Å². The van der Waals surface area contributed by atoms with Crippen LogP contribution < -0.4 is 10.2 Å².